The largest absolute Gasteiger partial charge is 0.370 e. The molecular weight excluding hydrogens is 276 g/mol. The van der Waals surface area contributed by atoms with E-state index in [9.17, 15) is 10.1 Å². The van der Waals surface area contributed by atoms with Gasteiger partial charge in [-0.25, -0.2) is 4.98 Å². The fraction of sp³-hybridized carbons (Fsp3) is 0.615. The van der Waals surface area contributed by atoms with Crippen LogP contribution in [-0.2, 0) is 0 Å². The number of anilines is 2. The number of nitro groups is 1. The summed E-state index contributed by atoms with van der Waals surface area (Å²) in [5, 5.41) is 17.3. The molecular formula is C13H22N4O2S. The van der Waals surface area contributed by atoms with Crippen LogP contribution in [0.4, 0.5) is 17.3 Å². The lowest BCUT2D eigenvalue weighted by Crippen LogP contribution is -2.19. The second kappa shape index (κ2) is 8.63. The minimum atomic E-state index is -0.393. The number of hydrogen-bond donors (Lipinski definition) is 2. The minimum Gasteiger partial charge on any atom is -0.370 e. The van der Waals surface area contributed by atoms with Crippen molar-refractivity contribution in [1.82, 2.24) is 4.98 Å². The molecule has 2 N–H and O–H groups in total. The van der Waals surface area contributed by atoms with Gasteiger partial charge in [-0.2, -0.15) is 11.8 Å². The third-order valence-electron chi connectivity index (χ3n) is 2.54. The Kier molecular flexibility index (Phi) is 7.14. The molecule has 0 fully saturated rings. The first-order chi connectivity index (χ1) is 9.56. The Labute approximate surface area is 123 Å². The van der Waals surface area contributed by atoms with E-state index < -0.39 is 4.92 Å². The Hall–Kier alpha value is -1.50. The standard InChI is InChI=1S/C13H22N4O2S/c1-4-6-14-12-7-11(17(18)19)8-13(16-12)15-10(3)9-20-5-2/h7-8,10H,4-6,9H2,1-3H3,(H2,14,15,16). The SMILES string of the molecule is CCCNc1cc([N+](=O)[O-])cc(NC(C)CSCC)n1. The summed E-state index contributed by atoms with van der Waals surface area (Å²) in [6.45, 7) is 6.93. The van der Waals surface area contributed by atoms with E-state index in [0.29, 0.717) is 11.6 Å². The normalized spacial score (nSPS) is 11.9. The molecule has 20 heavy (non-hydrogen) atoms. The first kappa shape index (κ1) is 16.6. The molecule has 0 aliphatic heterocycles. The maximum absolute atomic E-state index is 11.0. The maximum Gasteiger partial charge on any atom is 0.276 e. The molecule has 1 atom stereocenters. The van der Waals surface area contributed by atoms with Crippen LogP contribution in [0.1, 0.15) is 27.2 Å². The van der Waals surface area contributed by atoms with Crippen molar-refractivity contribution in [3.63, 3.8) is 0 Å². The van der Waals surface area contributed by atoms with E-state index in [1.54, 1.807) is 0 Å². The molecule has 0 aliphatic carbocycles. The van der Waals surface area contributed by atoms with Gasteiger partial charge in [0.25, 0.3) is 5.69 Å². The van der Waals surface area contributed by atoms with Crippen LogP contribution >= 0.6 is 11.8 Å². The quantitative estimate of drug-likeness (QED) is 0.537. The number of pyridine rings is 1. The summed E-state index contributed by atoms with van der Waals surface area (Å²) < 4.78 is 0. The van der Waals surface area contributed by atoms with E-state index in [1.165, 1.54) is 12.1 Å². The zero-order valence-electron chi connectivity index (χ0n) is 12.2. The van der Waals surface area contributed by atoms with Gasteiger partial charge >= 0.3 is 0 Å². The summed E-state index contributed by atoms with van der Waals surface area (Å²) in [5.41, 5.74) is 0.0523. The molecule has 1 aromatic heterocycles. The Bertz CT molecular complexity index is 442. The molecule has 1 rings (SSSR count). The van der Waals surface area contributed by atoms with E-state index in [1.807, 2.05) is 25.6 Å². The van der Waals surface area contributed by atoms with E-state index in [0.717, 1.165) is 24.5 Å². The number of thioether (sulfide) groups is 1. The predicted molar refractivity (Wildman–Crippen MR) is 85.8 cm³/mol. The topological polar surface area (TPSA) is 80.1 Å². The molecule has 0 spiro atoms. The molecule has 1 unspecified atom stereocenters. The summed E-state index contributed by atoms with van der Waals surface area (Å²) >= 11 is 1.82. The molecule has 0 bridgehead atoms. The average Bonchev–Trinajstić information content (AvgIpc) is 2.42. The fourth-order valence-electron chi connectivity index (χ4n) is 1.63. The van der Waals surface area contributed by atoms with Crippen molar-refractivity contribution < 1.29 is 4.92 Å². The van der Waals surface area contributed by atoms with Gasteiger partial charge in [-0.15, -0.1) is 0 Å². The first-order valence-electron chi connectivity index (χ1n) is 6.81. The minimum absolute atomic E-state index is 0.0523. The van der Waals surface area contributed by atoms with Crippen LogP contribution < -0.4 is 10.6 Å². The lowest BCUT2D eigenvalue weighted by molar-refractivity contribution is -0.384. The van der Waals surface area contributed by atoms with Crippen molar-refractivity contribution in [3.05, 3.63) is 22.2 Å². The van der Waals surface area contributed by atoms with Gasteiger partial charge in [0.1, 0.15) is 11.6 Å². The van der Waals surface area contributed by atoms with Gasteiger partial charge in [0.2, 0.25) is 0 Å². The molecule has 112 valence electrons. The van der Waals surface area contributed by atoms with Crippen LogP contribution in [0.25, 0.3) is 0 Å². The van der Waals surface area contributed by atoms with Gasteiger partial charge in [-0.05, 0) is 19.1 Å². The predicted octanol–water partition coefficient (Wildman–Crippen LogP) is 3.37. The molecule has 1 aromatic rings. The lowest BCUT2D eigenvalue weighted by atomic mass is 10.3. The van der Waals surface area contributed by atoms with Crippen LogP contribution in [0.3, 0.4) is 0 Å². The molecule has 0 saturated carbocycles. The Morgan fingerprint density at radius 1 is 1.40 bits per heavy atom. The number of rotatable bonds is 9. The second-order valence-electron chi connectivity index (χ2n) is 4.48. The molecule has 7 heteroatoms. The molecule has 0 radical (unpaired) electrons. The smallest absolute Gasteiger partial charge is 0.276 e. The van der Waals surface area contributed by atoms with Gasteiger partial charge in [0, 0.05) is 18.3 Å². The maximum atomic E-state index is 11.0. The van der Waals surface area contributed by atoms with E-state index in [-0.39, 0.29) is 11.7 Å². The van der Waals surface area contributed by atoms with Crippen LogP contribution in [0.15, 0.2) is 12.1 Å². The number of aromatic nitrogens is 1. The van der Waals surface area contributed by atoms with Crippen LogP contribution in [-0.4, -0.2) is 34.0 Å². The average molecular weight is 298 g/mol. The van der Waals surface area contributed by atoms with Crippen LogP contribution in [0, 0.1) is 10.1 Å². The Morgan fingerprint density at radius 2 is 2.10 bits per heavy atom. The van der Waals surface area contributed by atoms with E-state index >= 15 is 0 Å². The van der Waals surface area contributed by atoms with E-state index in [2.05, 4.69) is 22.5 Å². The van der Waals surface area contributed by atoms with Crippen molar-refractivity contribution in [2.24, 2.45) is 0 Å². The summed E-state index contributed by atoms with van der Waals surface area (Å²) in [6.07, 6.45) is 0.941. The summed E-state index contributed by atoms with van der Waals surface area (Å²) in [7, 11) is 0. The van der Waals surface area contributed by atoms with Gasteiger partial charge in [-0.1, -0.05) is 13.8 Å². The van der Waals surface area contributed by atoms with Crippen molar-refractivity contribution in [2.75, 3.05) is 28.7 Å². The van der Waals surface area contributed by atoms with Crippen molar-refractivity contribution >= 4 is 29.1 Å². The molecule has 6 nitrogen and oxygen atoms in total. The highest BCUT2D eigenvalue weighted by atomic mass is 32.2. The van der Waals surface area contributed by atoms with Gasteiger partial charge < -0.3 is 10.6 Å². The van der Waals surface area contributed by atoms with Gasteiger partial charge in [0.05, 0.1) is 17.1 Å². The third-order valence-corrected chi connectivity index (χ3v) is 3.69. The second-order valence-corrected chi connectivity index (χ2v) is 5.80. The number of hydrogen-bond acceptors (Lipinski definition) is 6. The molecule has 0 amide bonds. The number of nitrogens with one attached hydrogen (secondary N) is 2. The molecule has 0 saturated heterocycles. The Balaban J connectivity index is 2.82. The third kappa shape index (κ3) is 5.64. The highest BCUT2D eigenvalue weighted by molar-refractivity contribution is 7.99. The summed E-state index contributed by atoms with van der Waals surface area (Å²) in [4.78, 5) is 14.9. The lowest BCUT2D eigenvalue weighted by Gasteiger charge is -2.14. The van der Waals surface area contributed by atoms with Crippen LogP contribution in [0.5, 0.6) is 0 Å². The van der Waals surface area contributed by atoms with Crippen molar-refractivity contribution in [3.8, 4) is 0 Å². The highest BCUT2D eigenvalue weighted by Crippen LogP contribution is 2.21. The molecule has 0 aliphatic rings. The van der Waals surface area contributed by atoms with E-state index in [4.69, 9.17) is 0 Å². The van der Waals surface area contributed by atoms with Crippen molar-refractivity contribution in [1.29, 1.82) is 0 Å². The molecule has 1 heterocycles. The fourth-order valence-corrected chi connectivity index (χ4v) is 2.30. The summed E-state index contributed by atoms with van der Waals surface area (Å²) in [5.74, 6) is 3.08. The van der Waals surface area contributed by atoms with Gasteiger partial charge in [0.15, 0.2) is 0 Å². The van der Waals surface area contributed by atoms with Gasteiger partial charge in [-0.3, -0.25) is 10.1 Å². The highest BCUT2D eigenvalue weighted by Gasteiger charge is 2.12. The zero-order valence-corrected chi connectivity index (χ0v) is 13.0. The summed E-state index contributed by atoms with van der Waals surface area (Å²) in [6, 6.07) is 3.16. The number of nitrogens with zero attached hydrogens (tertiary/aromatic N) is 2. The Morgan fingerprint density at radius 3 is 2.70 bits per heavy atom. The molecule has 0 aromatic carbocycles. The van der Waals surface area contributed by atoms with Crippen LogP contribution in [0.2, 0.25) is 0 Å². The first-order valence-corrected chi connectivity index (χ1v) is 7.96. The monoisotopic (exact) mass is 298 g/mol. The zero-order chi connectivity index (χ0) is 15.0. The van der Waals surface area contributed by atoms with Crippen molar-refractivity contribution in [2.45, 2.75) is 33.2 Å².